The Hall–Kier alpha value is -1.59. The summed E-state index contributed by atoms with van der Waals surface area (Å²) in [5, 5.41) is 5.29. The van der Waals surface area contributed by atoms with Crippen molar-refractivity contribution in [2.45, 2.75) is 32.2 Å². The number of amides is 2. The molecule has 0 saturated heterocycles. The Bertz CT molecular complexity index is 458. The maximum absolute atomic E-state index is 12.0. The van der Waals surface area contributed by atoms with Gasteiger partial charge in [-0.3, -0.25) is 9.59 Å². The summed E-state index contributed by atoms with van der Waals surface area (Å²) >= 11 is 0. The molecular formula is C14H22ClN3O2. The van der Waals surface area contributed by atoms with E-state index in [0.29, 0.717) is 17.7 Å². The standard InChI is InChI=1S/C14H21N3O2.ClH/c1-4-9-14(2,15)13(19)17-11-7-5-10(6-8-11)12(18)16-3;/h5-8H,4,9,15H2,1-3H3,(H,16,18)(H,17,19);1H. The lowest BCUT2D eigenvalue weighted by atomic mass is 9.96. The number of halogens is 1. The lowest BCUT2D eigenvalue weighted by molar-refractivity contribution is -0.120. The van der Waals surface area contributed by atoms with Crippen LogP contribution < -0.4 is 16.4 Å². The van der Waals surface area contributed by atoms with Crippen molar-refractivity contribution in [2.75, 3.05) is 12.4 Å². The molecular weight excluding hydrogens is 278 g/mol. The van der Waals surface area contributed by atoms with Crippen LogP contribution in [0, 0.1) is 0 Å². The fourth-order valence-electron chi connectivity index (χ4n) is 1.76. The molecule has 5 nitrogen and oxygen atoms in total. The van der Waals surface area contributed by atoms with Crippen LogP contribution in [0.4, 0.5) is 5.69 Å². The molecule has 1 atom stereocenters. The van der Waals surface area contributed by atoms with Gasteiger partial charge in [0.2, 0.25) is 5.91 Å². The largest absolute Gasteiger partial charge is 0.355 e. The van der Waals surface area contributed by atoms with Gasteiger partial charge in [0, 0.05) is 18.3 Å². The summed E-state index contributed by atoms with van der Waals surface area (Å²) < 4.78 is 0. The van der Waals surface area contributed by atoms with Crippen LogP contribution in [0.3, 0.4) is 0 Å². The fourth-order valence-corrected chi connectivity index (χ4v) is 1.76. The Balaban J connectivity index is 0.00000361. The monoisotopic (exact) mass is 299 g/mol. The van der Waals surface area contributed by atoms with Crippen LogP contribution in [-0.4, -0.2) is 24.4 Å². The molecule has 0 radical (unpaired) electrons. The summed E-state index contributed by atoms with van der Waals surface area (Å²) in [7, 11) is 1.57. The SMILES string of the molecule is CCCC(C)(N)C(=O)Nc1ccc(C(=O)NC)cc1.Cl. The van der Waals surface area contributed by atoms with Crippen molar-refractivity contribution in [3.63, 3.8) is 0 Å². The van der Waals surface area contributed by atoms with Gasteiger partial charge in [0.15, 0.2) is 0 Å². The zero-order valence-electron chi connectivity index (χ0n) is 12.0. The first-order valence-electron chi connectivity index (χ1n) is 6.33. The smallest absolute Gasteiger partial charge is 0.251 e. The Morgan fingerprint density at radius 1 is 1.25 bits per heavy atom. The number of rotatable bonds is 5. The third-order valence-electron chi connectivity index (χ3n) is 2.92. The van der Waals surface area contributed by atoms with E-state index < -0.39 is 5.54 Å². The zero-order valence-corrected chi connectivity index (χ0v) is 12.8. The number of hydrogen-bond acceptors (Lipinski definition) is 3. The molecule has 112 valence electrons. The Morgan fingerprint density at radius 2 is 1.80 bits per heavy atom. The van der Waals surface area contributed by atoms with Gasteiger partial charge in [-0.05, 0) is 37.6 Å². The van der Waals surface area contributed by atoms with Crippen LogP contribution in [0.25, 0.3) is 0 Å². The van der Waals surface area contributed by atoms with Crippen LogP contribution in [0.5, 0.6) is 0 Å². The van der Waals surface area contributed by atoms with Gasteiger partial charge in [0.25, 0.3) is 5.91 Å². The first-order valence-corrected chi connectivity index (χ1v) is 6.33. The Morgan fingerprint density at radius 3 is 2.25 bits per heavy atom. The minimum absolute atomic E-state index is 0. The lowest BCUT2D eigenvalue weighted by Crippen LogP contribution is -2.48. The van der Waals surface area contributed by atoms with Crippen LogP contribution in [0.15, 0.2) is 24.3 Å². The van der Waals surface area contributed by atoms with Gasteiger partial charge in [-0.1, -0.05) is 13.3 Å². The average molecular weight is 300 g/mol. The molecule has 0 heterocycles. The fraction of sp³-hybridized carbons (Fsp3) is 0.429. The van der Waals surface area contributed by atoms with Crippen LogP contribution in [0.1, 0.15) is 37.0 Å². The summed E-state index contributed by atoms with van der Waals surface area (Å²) in [6.07, 6.45) is 1.46. The van der Waals surface area contributed by atoms with Gasteiger partial charge in [-0.25, -0.2) is 0 Å². The number of carbonyl (C=O) groups excluding carboxylic acids is 2. The molecule has 0 aliphatic carbocycles. The van der Waals surface area contributed by atoms with Gasteiger partial charge in [0.05, 0.1) is 5.54 Å². The van der Waals surface area contributed by atoms with E-state index >= 15 is 0 Å². The van der Waals surface area contributed by atoms with E-state index in [-0.39, 0.29) is 24.2 Å². The quantitative estimate of drug-likeness (QED) is 0.776. The van der Waals surface area contributed by atoms with Gasteiger partial charge in [-0.15, -0.1) is 12.4 Å². The third kappa shape index (κ3) is 4.83. The molecule has 0 spiro atoms. The topological polar surface area (TPSA) is 84.2 Å². The maximum atomic E-state index is 12.0. The number of hydrogen-bond donors (Lipinski definition) is 3. The van der Waals surface area contributed by atoms with E-state index in [9.17, 15) is 9.59 Å². The predicted octanol–water partition coefficient (Wildman–Crippen LogP) is 1.92. The van der Waals surface area contributed by atoms with Gasteiger partial charge < -0.3 is 16.4 Å². The van der Waals surface area contributed by atoms with E-state index in [4.69, 9.17) is 5.73 Å². The van der Waals surface area contributed by atoms with Crippen molar-refractivity contribution >= 4 is 29.9 Å². The molecule has 1 rings (SSSR count). The summed E-state index contributed by atoms with van der Waals surface area (Å²) in [5.41, 5.74) is 6.24. The molecule has 0 fully saturated rings. The maximum Gasteiger partial charge on any atom is 0.251 e. The normalized spacial score (nSPS) is 12.8. The van der Waals surface area contributed by atoms with E-state index in [0.717, 1.165) is 6.42 Å². The highest BCUT2D eigenvalue weighted by Gasteiger charge is 2.27. The number of nitrogens with one attached hydrogen (secondary N) is 2. The zero-order chi connectivity index (χ0) is 14.5. The third-order valence-corrected chi connectivity index (χ3v) is 2.92. The van der Waals surface area contributed by atoms with Crippen LogP contribution >= 0.6 is 12.4 Å². The molecule has 2 amide bonds. The van der Waals surface area contributed by atoms with Gasteiger partial charge in [0.1, 0.15) is 0 Å². The Labute approximate surface area is 125 Å². The molecule has 1 aromatic rings. The predicted molar refractivity (Wildman–Crippen MR) is 83.2 cm³/mol. The Kier molecular flexibility index (Phi) is 7.24. The summed E-state index contributed by atoms with van der Waals surface area (Å²) in [5.74, 6) is -0.380. The molecule has 0 saturated carbocycles. The van der Waals surface area contributed by atoms with E-state index in [2.05, 4.69) is 10.6 Å². The van der Waals surface area contributed by atoms with Crippen molar-refractivity contribution in [2.24, 2.45) is 5.73 Å². The first-order chi connectivity index (χ1) is 8.90. The van der Waals surface area contributed by atoms with Crippen LogP contribution in [0.2, 0.25) is 0 Å². The minimum Gasteiger partial charge on any atom is -0.355 e. The van der Waals surface area contributed by atoms with Crippen molar-refractivity contribution in [1.29, 1.82) is 0 Å². The highest BCUT2D eigenvalue weighted by Crippen LogP contribution is 2.14. The summed E-state index contributed by atoms with van der Waals surface area (Å²) in [6.45, 7) is 3.70. The molecule has 6 heteroatoms. The van der Waals surface area contributed by atoms with Gasteiger partial charge >= 0.3 is 0 Å². The van der Waals surface area contributed by atoms with E-state index in [1.54, 1.807) is 38.2 Å². The number of anilines is 1. The second kappa shape index (κ2) is 7.87. The number of nitrogens with two attached hydrogens (primary N) is 1. The van der Waals surface area contributed by atoms with Crippen molar-refractivity contribution in [1.82, 2.24) is 5.32 Å². The molecule has 20 heavy (non-hydrogen) atoms. The minimum atomic E-state index is -0.881. The summed E-state index contributed by atoms with van der Waals surface area (Å²) in [6, 6.07) is 6.68. The number of carbonyl (C=O) groups is 2. The summed E-state index contributed by atoms with van der Waals surface area (Å²) in [4.78, 5) is 23.4. The van der Waals surface area contributed by atoms with Crippen molar-refractivity contribution in [3.8, 4) is 0 Å². The number of benzene rings is 1. The van der Waals surface area contributed by atoms with Crippen molar-refractivity contribution in [3.05, 3.63) is 29.8 Å². The molecule has 1 aromatic carbocycles. The van der Waals surface area contributed by atoms with Crippen LogP contribution in [-0.2, 0) is 4.79 Å². The van der Waals surface area contributed by atoms with E-state index in [1.165, 1.54) is 0 Å². The van der Waals surface area contributed by atoms with Gasteiger partial charge in [-0.2, -0.15) is 0 Å². The highest BCUT2D eigenvalue weighted by atomic mass is 35.5. The second-order valence-electron chi connectivity index (χ2n) is 4.78. The molecule has 0 aliphatic heterocycles. The highest BCUT2D eigenvalue weighted by molar-refractivity contribution is 5.98. The second-order valence-corrected chi connectivity index (χ2v) is 4.78. The average Bonchev–Trinajstić information content (AvgIpc) is 2.38. The molecule has 1 unspecified atom stereocenters. The molecule has 0 aromatic heterocycles. The molecule has 0 bridgehead atoms. The van der Waals surface area contributed by atoms with E-state index in [1.807, 2.05) is 6.92 Å². The molecule has 4 N–H and O–H groups in total. The first kappa shape index (κ1) is 18.4. The lowest BCUT2D eigenvalue weighted by Gasteiger charge is -2.22. The molecule has 0 aliphatic rings. The van der Waals surface area contributed by atoms with Crippen molar-refractivity contribution < 1.29 is 9.59 Å².